The summed E-state index contributed by atoms with van der Waals surface area (Å²) in [7, 11) is 0. The summed E-state index contributed by atoms with van der Waals surface area (Å²) in [5, 5.41) is 3.50. The van der Waals surface area contributed by atoms with E-state index < -0.39 is 0 Å². The number of rotatable bonds is 7. The van der Waals surface area contributed by atoms with Crippen LogP contribution in [-0.4, -0.2) is 85.5 Å². The Hall–Kier alpha value is -2.08. The fraction of sp³-hybridized carbons (Fsp3) is 0.667. The first-order valence-corrected chi connectivity index (χ1v) is 11.7. The van der Waals surface area contributed by atoms with E-state index in [1.165, 1.54) is 18.4 Å². The van der Waals surface area contributed by atoms with Gasteiger partial charge in [0.2, 0.25) is 5.91 Å². The molecule has 0 bridgehead atoms. The van der Waals surface area contributed by atoms with Crippen molar-refractivity contribution < 1.29 is 4.79 Å². The van der Waals surface area contributed by atoms with Gasteiger partial charge in [0, 0.05) is 52.4 Å². The molecule has 4 rings (SSSR count). The van der Waals surface area contributed by atoms with Crippen molar-refractivity contribution in [3.63, 3.8) is 0 Å². The second kappa shape index (κ2) is 9.82. The van der Waals surface area contributed by atoms with Crippen LogP contribution in [0.5, 0.6) is 0 Å². The van der Waals surface area contributed by atoms with Gasteiger partial charge in [-0.15, -0.1) is 0 Å². The lowest BCUT2D eigenvalue weighted by atomic mass is 9.97. The minimum atomic E-state index is 0.304. The summed E-state index contributed by atoms with van der Waals surface area (Å²) >= 11 is 0. The molecule has 6 heteroatoms. The van der Waals surface area contributed by atoms with Crippen molar-refractivity contribution in [3.8, 4) is 0 Å². The molecule has 0 spiro atoms. The zero-order valence-electron chi connectivity index (χ0n) is 18.5. The van der Waals surface area contributed by atoms with Crippen LogP contribution in [0, 0.1) is 5.41 Å². The van der Waals surface area contributed by atoms with E-state index in [1.807, 2.05) is 4.90 Å². The van der Waals surface area contributed by atoms with Crippen molar-refractivity contribution in [2.45, 2.75) is 39.0 Å². The number of nitrogens with zero attached hydrogens (tertiary/aromatic N) is 4. The second-order valence-electron chi connectivity index (χ2n) is 9.18. The highest BCUT2D eigenvalue weighted by Crippen LogP contribution is 2.48. The number of carbonyl (C=O) groups is 1. The summed E-state index contributed by atoms with van der Waals surface area (Å²) in [5.74, 6) is 1.35. The van der Waals surface area contributed by atoms with Crippen molar-refractivity contribution in [2.24, 2.45) is 10.4 Å². The molecule has 0 aromatic heterocycles. The van der Waals surface area contributed by atoms with Crippen molar-refractivity contribution in [2.75, 3.05) is 58.9 Å². The first-order chi connectivity index (χ1) is 14.7. The van der Waals surface area contributed by atoms with Crippen LogP contribution < -0.4 is 5.32 Å². The molecule has 1 aromatic carbocycles. The van der Waals surface area contributed by atoms with Gasteiger partial charge >= 0.3 is 0 Å². The van der Waals surface area contributed by atoms with Gasteiger partial charge in [0.15, 0.2) is 5.96 Å². The highest BCUT2D eigenvalue weighted by molar-refractivity contribution is 5.80. The number of benzene rings is 1. The van der Waals surface area contributed by atoms with Crippen molar-refractivity contribution in [1.82, 2.24) is 20.0 Å². The molecule has 30 heavy (non-hydrogen) atoms. The normalized spacial score (nSPS) is 21.7. The number of hydrogen-bond acceptors (Lipinski definition) is 3. The lowest BCUT2D eigenvalue weighted by molar-refractivity contribution is -0.131. The molecule has 3 aliphatic rings. The van der Waals surface area contributed by atoms with Gasteiger partial charge in [-0.05, 0) is 50.0 Å². The molecular weight excluding hydrogens is 374 g/mol. The van der Waals surface area contributed by atoms with E-state index in [0.29, 0.717) is 17.9 Å². The van der Waals surface area contributed by atoms with E-state index in [1.54, 1.807) is 0 Å². The maximum Gasteiger partial charge on any atom is 0.236 e. The lowest BCUT2D eigenvalue weighted by Crippen LogP contribution is -2.54. The van der Waals surface area contributed by atoms with Crippen LogP contribution in [-0.2, 0) is 11.2 Å². The molecule has 0 radical (unpaired) electrons. The first-order valence-electron chi connectivity index (χ1n) is 11.7. The lowest BCUT2D eigenvalue weighted by Gasteiger charge is -2.36. The van der Waals surface area contributed by atoms with E-state index in [4.69, 9.17) is 4.99 Å². The highest BCUT2D eigenvalue weighted by Gasteiger charge is 2.42. The van der Waals surface area contributed by atoms with Gasteiger partial charge in [-0.25, -0.2) is 0 Å². The van der Waals surface area contributed by atoms with Gasteiger partial charge in [-0.3, -0.25) is 14.7 Å². The Bertz CT molecular complexity index is 716. The molecule has 3 fully saturated rings. The van der Waals surface area contributed by atoms with E-state index in [0.717, 1.165) is 77.6 Å². The fourth-order valence-corrected chi connectivity index (χ4v) is 4.64. The third kappa shape index (κ3) is 5.54. The number of amides is 1. The van der Waals surface area contributed by atoms with Crippen LogP contribution in [0.1, 0.15) is 38.2 Å². The van der Waals surface area contributed by atoms with Crippen LogP contribution in [0.4, 0.5) is 0 Å². The average molecular weight is 412 g/mol. The van der Waals surface area contributed by atoms with Gasteiger partial charge < -0.3 is 15.1 Å². The predicted octanol–water partition coefficient (Wildman–Crippen LogP) is 2.21. The summed E-state index contributed by atoms with van der Waals surface area (Å²) in [5.41, 5.74) is 1.78. The van der Waals surface area contributed by atoms with Gasteiger partial charge in [0.05, 0.1) is 6.54 Å². The van der Waals surface area contributed by atoms with Crippen LogP contribution in [0.3, 0.4) is 0 Å². The molecule has 1 saturated carbocycles. The van der Waals surface area contributed by atoms with E-state index in [2.05, 4.69) is 52.4 Å². The number of piperazine rings is 1. The number of guanidine groups is 1. The van der Waals surface area contributed by atoms with Gasteiger partial charge in [0.25, 0.3) is 0 Å². The van der Waals surface area contributed by atoms with Crippen LogP contribution in [0.25, 0.3) is 0 Å². The largest absolute Gasteiger partial charge is 0.357 e. The molecule has 164 valence electrons. The molecule has 2 heterocycles. The molecule has 1 aliphatic carbocycles. The molecule has 0 atom stereocenters. The Kier molecular flexibility index (Phi) is 6.93. The zero-order valence-corrected chi connectivity index (χ0v) is 18.5. The van der Waals surface area contributed by atoms with Gasteiger partial charge in [-0.1, -0.05) is 30.3 Å². The summed E-state index contributed by atoms with van der Waals surface area (Å²) < 4.78 is 0. The standard InChI is InChI=1S/C24H37N5O/c1-2-25-23(26-20-24(10-11-24)18-21-8-4-3-5-9-21)29-16-14-27(15-17-29)19-22(30)28-12-6-7-13-28/h3-5,8-9H,2,6-7,10-20H2,1H3,(H,25,26). The summed E-state index contributed by atoms with van der Waals surface area (Å²) in [6.07, 6.45) is 6.00. The van der Waals surface area contributed by atoms with Crippen molar-refractivity contribution >= 4 is 11.9 Å². The number of likely N-dealkylation sites (tertiary alicyclic amines) is 1. The van der Waals surface area contributed by atoms with Gasteiger partial charge in [0.1, 0.15) is 0 Å². The summed E-state index contributed by atoms with van der Waals surface area (Å²) in [4.78, 5) is 24.2. The predicted molar refractivity (Wildman–Crippen MR) is 122 cm³/mol. The minimum Gasteiger partial charge on any atom is -0.357 e. The Morgan fingerprint density at radius 3 is 2.33 bits per heavy atom. The number of aliphatic imine (C=N–C) groups is 1. The molecule has 0 unspecified atom stereocenters. The van der Waals surface area contributed by atoms with Gasteiger partial charge in [-0.2, -0.15) is 0 Å². The Balaban J connectivity index is 1.28. The number of hydrogen-bond donors (Lipinski definition) is 1. The number of carbonyl (C=O) groups excluding carboxylic acids is 1. The van der Waals surface area contributed by atoms with Crippen molar-refractivity contribution in [1.29, 1.82) is 0 Å². The topological polar surface area (TPSA) is 51.2 Å². The summed E-state index contributed by atoms with van der Waals surface area (Å²) in [6, 6.07) is 10.8. The van der Waals surface area contributed by atoms with Crippen LogP contribution in [0.15, 0.2) is 35.3 Å². The molecule has 2 aliphatic heterocycles. The van der Waals surface area contributed by atoms with E-state index >= 15 is 0 Å². The molecular formula is C24H37N5O. The van der Waals surface area contributed by atoms with Crippen LogP contribution >= 0.6 is 0 Å². The zero-order chi connectivity index (χ0) is 20.8. The molecule has 6 nitrogen and oxygen atoms in total. The first kappa shape index (κ1) is 21.2. The molecule has 1 amide bonds. The quantitative estimate of drug-likeness (QED) is 0.552. The monoisotopic (exact) mass is 411 g/mol. The Morgan fingerprint density at radius 1 is 1.00 bits per heavy atom. The SMILES string of the molecule is CCNC(=NCC1(Cc2ccccc2)CC1)N1CCN(CC(=O)N2CCCC2)CC1. The maximum atomic E-state index is 12.4. The number of nitrogens with one attached hydrogen (secondary N) is 1. The highest BCUT2D eigenvalue weighted by atomic mass is 16.2. The van der Waals surface area contributed by atoms with Crippen molar-refractivity contribution in [3.05, 3.63) is 35.9 Å². The average Bonchev–Trinajstić information content (AvgIpc) is 3.30. The minimum absolute atomic E-state index is 0.304. The van der Waals surface area contributed by atoms with Crippen LogP contribution in [0.2, 0.25) is 0 Å². The van der Waals surface area contributed by atoms with E-state index in [-0.39, 0.29) is 0 Å². The third-order valence-electron chi connectivity index (χ3n) is 6.77. The smallest absolute Gasteiger partial charge is 0.236 e. The molecule has 1 N–H and O–H groups in total. The maximum absolute atomic E-state index is 12.4. The Labute approximate surface area is 181 Å². The second-order valence-corrected chi connectivity index (χ2v) is 9.18. The fourth-order valence-electron chi connectivity index (χ4n) is 4.64. The van der Waals surface area contributed by atoms with E-state index in [9.17, 15) is 4.79 Å². The Morgan fingerprint density at radius 2 is 1.70 bits per heavy atom. The third-order valence-corrected chi connectivity index (χ3v) is 6.77. The summed E-state index contributed by atoms with van der Waals surface area (Å²) in [6.45, 7) is 10.1. The molecule has 1 aromatic rings. The molecule has 2 saturated heterocycles.